The first-order valence-corrected chi connectivity index (χ1v) is 7.45. The van der Waals surface area contributed by atoms with Crippen molar-refractivity contribution in [3.63, 3.8) is 0 Å². The molecule has 2 atom stereocenters. The Morgan fingerprint density at radius 1 is 1.09 bits per heavy atom. The van der Waals surface area contributed by atoms with E-state index in [1.54, 1.807) is 0 Å². The van der Waals surface area contributed by atoms with Crippen LogP contribution >= 0.6 is 0 Å². The van der Waals surface area contributed by atoms with Crippen molar-refractivity contribution in [3.8, 4) is 0 Å². The van der Waals surface area contributed by atoms with E-state index in [9.17, 15) is 0 Å². The predicted octanol–water partition coefficient (Wildman–Crippen LogP) is 2.65. The lowest BCUT2D eigenvalue weighted by atomic mass is 10.2. The Kier molecular flexibility index (Phi) is 3.89. The first kappa shape index (κ1) is 14.6. The van der Waals surface area contributed by atoms with Crippen molar-refractivity contribution in [3.05, 3.63) is 41.9 Å². The normalized spacial score (nSPS) is 14.6. The zero-order valence-corrected chi connectivity index (χ0v) is 13.2. The molecule has 3 heterocycles. The molecule has 3 rings (SSSR count). The summed E-state index contributed by atoms with van der Waals surface area (Å²) in [6.45, 7) is 8.12. The summed E-state index contributed by atoms with van der Waals surface area (Å²) < 4.78 is 7.30. The molecule has 0 unspecified atom stereocenters. The monoisotopic (exact) mass is 300 g/mol. The summed E-state index contributed by atoms with van der Waals surface area (Å²) >= 11 is 0. The third-order valence-electron chi connectivity index (χ3n) is 3.57. The van der Waals surface area contributed by atoms with Gasteiger partial charge in [0.25, 0.3) is 0 Å². The maximum Gasteiger partial charge on any atom is 0.243 e. The van der Waals surface area contributed by atoms with E-state index >= 15 is 0 Å². The maximum absolute atomic E-state index is 5.33. The van der Waals surface area contributed by atoms with Crippen LogP contribution in [0.3, 0.4) is 0 Å². The third kappa shape index (κ3) is 2.71. The number of hydrogen-bond acceptors (Lipinski definition) is 6. The lowest BCUT2D eigenvalue weighted by molar-refractivity contribution is 0.322. The molecule has 0 saturated carbocycles. The van der Waals surface area contributed by atoms with E-state index in [0.29, 0.717) is 5.89 Å². The van der Waals surface area contributed by atoms with E-state index < -0.39 is 0 Å². The summed E-state index contributed by atoms with van der Waals surface area (Å²) in [5.41, 5.74) is 0.832. The molecule has 0 saturated heterocycles. The van der Waals surface area contributed by atoms with Crippen LogP contribution in [0.15, 0.2) is 28.9 Å². The molecule has 0 amide bonds. The SMILES string of the molecule is CC(C)c1noc([C@@H](C)N[C@@H](C)c2nnc3ccccn23)n1. The summed E-state index contributed by atoms with van der Waals surface area (Å²) in [5, 5.41) is 15.8. The number of pyridine rings is 1. The van der Waals surface area contributed by atoms with Crippen LogP contribution in [0.1, 0.15) is 63.2 Å². The van der Waals surface area contributed by atoms with Gasteiger partial charge in [-0.1, -0.05) is 25.1 Å². The fourth-order valence-corrected chi connectivity index (χ4v) is 2.33. The summed E-state index contributed by atoms with van der Waals surface area (Å²) in [6.07, 6.45) is 1.96. The van der Waals surface area contributed by atoms with Gasteiger partial charge in [0.05, 0.1) is 12.1 Å². The van der Waals surface area contributed by atoms with E-state index in [-0.39, 0.29) is 18.0 Å². The number of fused-ring (bicyclic) bond motifs is 1. The molecule has 0 aliphatic carbocycles. The third-order valence-corrected chi connectivity index (χ3v) is 3.57. The van der Waals surface area contributed by atoms with Crippen molar-refractivity contribution < 1.29 is 4.52 Å². The Labute approximate surface area is 128 Å². The number of nitrogens with one attached hydrogen (secondary N) is 1. The topological polar surface area (TPSA) is 81.1 Å². The van der Waals surface area contributed by atoms with Crippen molar-refractivity contribution in [1.82, 2.24) is 30.1 Å². The summed E-state index contributed by atoms with van der Waals surface area (Å²) in [6, 6.07) is 5.77. The van der Waals surface area contributed by atoms with E-state index in [0.717, 1.165) is 17.3 Å². The Balaban J connectivity index is 1.76. The molecule has 0 fully saturated rings. The Morgan fingerprint density at radius 2 is 1.91 bits per heavy atom. The number of aromatic nitrogens is 5. The second-order valence-electron chi connectivity index (χ2n) is 5.74. The lowest BCUT2D eigenvalue weighted by Gasteiger charge is -2.15. The van der Waals surface area contributed by atoms with Crippen LogP contribution in [-0.4, -0.2) is 24.7 Å². The predicted molar refractivity (Wildman–Crippen MR) is 81.3 cm³/mol. The van der Waals surface area contributed by atoms with Gasteiger partial charge in [-0.25, -0.2) is 0 Å². The average Bonchev–Trinajstić information content (AvgIpc) is 3.14. The highest BCUT2D eigenvalue weighted by Crippen LogP contribution is 2.19. The van der Waals surface area contributed by atoms with Gasteiger partial charge in [0.2, 0.25) is 5.89 Å². The largest absolute Gasteiger partial charge is 0.338 e. The molecule has 1 N–H and O–H groups in total. The highest BCUT2D eigenvalue weighted by molar-refractivity contribution is 5.37. The number of nitrogens with zero attached hydrogens (tertiary/aromatic N) is 5. The molecular formula is C15H20N6O. The van der Waals surface area contributed by atoms with Crippen LogP contribution in [0.4, 0.5) is 0 Å². The molecule has 0 aliphatic rings. The Hall–Kier alpha value is -2.28. The minimum absolute atomic E-state index is 0.00167. The molecule has 116 valence electrons. The first-order valence-electron chi connectivity index (χ1n) is 7.45. The second kappa shape index (κ2) is 5.84. The molecule has 0 spiro atoms. The zero-order valence-electron chi connectivity index (χ0n) is 13.2. The van der Waals surface area contributed by atoms with Crippen LogP contribution in [0.5, 0.6) is 0 Å². The quantitative estimate of drug-likeness (QED) is 0.780. The van der Waals surface area contributed by atoms with Crippen molar-refractivity contribution >= 4 is 5.65 Å². The van der Waals surface area contributed by atoms with Gasteiger partial charge in [-0.15, -0.1) is 10.2 Å². The molecule has 22 heavy (non-hydrogen) atoms. The van der Waals surface area contributed by atoms with Gasteiger partial charge in [-0.3, -0.25) is 9.72 Å². The van der Waals surface area contributed by atoms with Crippen LogP contribution in [0.2, 0.25) is 0 Å². The van der Waals surface area contributed by atoms with E-state index in [2.05, 4.69) is 25.7 Å². The molecule has 3 aromatic rings. The maximum atomic E-state index is 5.33. The molecule has 7 nitrogen and oxygen atoms in total. The van der Waals surface area contributed by atoms with Crippen molar-refractivity contribution in [1.29, 1.82) is 0 Å². The lowest BCUT2D eigenvalue weighted by Crippen LogP contribution is -2.24. The summed E-state index contributed by atoms with van der Waals surface area (Å²) in [7, 11) is 0. The minimum atomic E-state index is -0.0638. The van der Waals surface area contributed by atoms with Gasteiger partial charge in [0.15, 0.2) is 17.3 Å². The van der Waals surface area contributed by atoms with Gasteiger partial charge in [0, 0.05) is 12.1 Å². The fourth-order valence-electron chi connectivity index (χ4n) is 2.33. The van der Waals surface area contributed by atoms with E-state index in [1.807, 2.05) is 56.5 Å². The molecule has 3 aromatic heterocycles. The zero-order chi connectivity index (χ0) is 15.7. The van der Waals surface area contributed by atoms with Crippen LogP contribution < -0.4 is 5.32 Å². The van der Waals surface area contributed by atoms with Crippen molar-refractivity contribution in [2.75, 3.05) is 0 Å². The first-order chi connectivity index (χ1) is 10.6. The Bertz CT molecular complexity index is 762. The molecular weight excluding hydrogens is 280 g/mol. The molecule has 0 aliphatic heterocycles. The van der Waals surface area contributed by atoms with Gasteiger partial charge in [-0.05, 0) is 26.0 Å². The smallest absolute Gasteiger partial charge is 0.243 e. The van der Waals surface area contributed by atoms with E-state index in [1.165, 1.54) is 0 Å². The highest BCUT2D eigenvalue weighted by atomic mass is 16.5. The molecule has 0 radical (unpaired) electrons. The highest BCUT2D eigenvalue weighted by Gasteiger charge is 2.20. The molecule has 7 heteroatoms. The van der Waals surface area contributed by atoms with Crippen LogP contribution in [0, 0.1) is 0 Å². The minimum Gasteiger partial charge on any atom is -0.338 e. The summed E-state index contributed by atoms with van der Waals surface area (Å²) in [4.78, 5) is 4.42. The Morgan fingerprint density at radius 3 is 2.64 bits per heavy atom. The number of rotatable bonds is 5. The standard InChI is InChI=1S/C15H20N6O/c1-9(2)13-17-15(22-20-13)11(4)16-10(3)14-19-18-12-7-5-6-8-21(12)14/h5-11,16H,1-4H3/t10-,11+/m0/s1. The molecule has 0 bridgehead atoms. The van der Waals surface area contributed by atoms with Gasteiger partial charge in [0.1, 0.15) is 0 Å². The van der Waals surface area contributed by atoms with Crippen molar-refractivity contribution in [2.45, 2.75) is 45.7 Å². The van der Waals surface area contributed by atoms with Crippen LogP contribution in [-0.2, 0) is 0 Å². The average molecular weight is 300 g/mol. The summed E-state index contributed by atoms with van der Waals surface area (Å²) in [5.74, 6) is 2.42. The van der Waals surface area contributed by atoms with Crippen LogP contribution in [0.25, 0.3) is 5.65 Å². The van der Waals surface area contributed by atoms with Gasteiger partial charge in [-0.2, -0.15) is 4.98 Å². The van der Waals surface area contributed by atoms with Gasteiger partial charge >= 0.3 is 0 Å². The van der Waals surface area contributed by atoms with Gasteiger partial charge < -0.3 is 4.52 Å². The molecule has 0 aromatic carbocycles. The van der Waals surface area contributed by atoms with E-state index in [4.69, 9.17) is 4.52 Å². The second-order valence-corrected chi connectivity index (χ2v) is 5.74. The number of hydrogen-bond donors (Lipinski definition) is 1. The van der Waals surface area contributed by atoms with Crippen molar-refractivity contribution in [2.24, 2.45) is 0 Å². The fraction of sp³-hybridized carbons (Fsp3) is 0.467.